The van der Waals surface area contributed by atoms with E-state index >= 15 is 0 Å². The Morgan fingerprint density at radius 1 is 1.33 bits per heavy atom. The summed E-state index contributed by atoms with van der Waals surface area (Å²) >= 11 is 0. The predicted octanol–water partition coefficient (Wildman–Crippen LogP) is 0.805. The van der Waals surface area contributed by atoms with Crippen LogP contribution in [0, 0.1) is 0 Å². The molecule has 0 rings (SSSR count). The van der Waals surface area contributed by atoms with Gasteiger partial charge in [-0.15, -0.1) is 0 Å². The number of hydrogen-bond acceptors (Lipinski definition) is 2. The molecular formula is C9H20N2O. The first-order valence-electron chi connectivity index (χ1n) is 4.39. The number of likely N-dealkylation sites (N-methyl/N-ethyl adjacent to an activating group) is 2. The Labute approximate surface area is 75.3 Å². The van der Waals surface area contributed by atoms with Crippen molar-refractivity contribution in [1.29, 1.82) is 0 Å². The number of amides is 1. The van der Waals surface area contributed by atoms with Gasteiger partial charge in [0.2, 0.25) is 5.91 Å². The van der Waals surface area contributed by atoms with E-state index in [2.05, 4.69) is 13.8 Å². The number of rotatable bonds is 4. The van der Waals surface area contributed by atoms with Gasteiger partial charge in [-0.25, -0.2) is 0 Å². The van der Waals surface area contributed by atoms with E-state index in [0.29, 0.717) is 12.6 Å². The van der Waals surface area contributed by atoms with Crippen molar-refractivity contribution < 1.29 is 4.79 Å². The highest BCUT2D eigenvalue weighted by atomic mass is 16.2. The Kier molecular flexibility index (Phi) is 4.90. The largest absolute Gasteiger partial charge is 0.342 e. The van der Waals surface area contributed by atoms with E-state index in [1.165, 1.54) is 0 Å². The standard InChI is InChI=1S/C9H20N2O/c1-6-8(2)11(5)9(12)7-10(3)4/h8H,6-7H2,1-5H3. The average Bonchev–Trinajstić information content (AvgIpc) is 2.00. The van der Waals surface area contributed by atoms with Gasteiger partial charge in [-0.2, -0.15) is 0 Å². The fourth-order valence-corrected chi connectivity index (χ4v) is 0.902. The molecule has 0 heterocycles. The van der Waals surface area contributed by atoms with Gasteiger partial charge in [-0.1, -0.05) is 6.92 Å². The highest BCUT2D eigenvalue weighted by Gasteiger charge is 2.13. The molecule has 1 unspecified atom stereocenters. The maximum Gasteiger partial charge on any atom is 0.236 e. The Morgan fingerprint density at radius 3 is 2.17 bits per heavy atom. The molecule has 1 atom stereocenters. The normalized spacial score (nSPS) is 13.2. The molecule has 0 saturated heterocycles. The Balaban J connectivity index is 3.92. The second-order valence-corrected chi connectivity index (χ2v) is 3.50. The molecule has 0 N–H and O–H groups in total. The van der Waals surface area contributed by atoms with Gasteiger partial charge < -0.3 is 9.80 Å². The molecule has 0 aliphatic heterocycles. The minimum atomic E-state index is 0.189. The average molecular weight is 172 g/mol. The second kappa shape index (κ2) is 5.14. The highest BCUT2D eigenvalue weighted by molar-refractivity contribution is 5.78. The van der Waals surface area contributed by atoms with E-state index in [0.717, 1.165) is 6.42 Å². The number of carbonyl (C=O) groups excluding carboxylic acids is 1. The molecule has 0 saturated carbocycles. The smallest absolute Gasteiger partial charge is 0.236 e. The molecule has 0 fully saturated rings. The van der Waals surface area contributed by atoms with Crippen LogP contribution in [0.15, 0.2) is 0 Å². The lowest BCUT2D eigenvalue weighted by Gasteiger charge is -2.25. The summed E-state index contributed by atoms with van der Waals surface area (Å²) in [4.78, 5) is 15.1. The molecule has 0 aliphatic rings. The van der Waals surface area contributed by atoms with Gasteiger partial charge in [-0.05, 0) is 27.4 Å². The first kappa shape index (κ1) is 11.4. The van der Waals surface area contributed by atoms with Gasteiger partial charge in [0.1, 0.15) is 0 Å². The molecule has 0 aromatic carbocycles. The molecule has 0 radical (unpaired) electrons. The third-order valence-corrected chi connectivity index (χ3v) is 2.10. The molecule has 3 heteroatoms. The van der Waals surface area contributed by atoms with Gasteiger partial charge in [0.25, 0.3) is 0 Å². The Bertz CT molecular complexity index is 145. The first-order chi connectivity index (χ1) is 5.49. The topological polar surface area (TPSA) is 23.6 Å². The maximum atomic E-state index is 11.4. The van der Waals surface area contributed by atoms with E-state index in [-0.39, 0.29) is 5.91 Å². The highest BCUT2D eigenvalue weighted by Crippen LogP contribution is 2.00. The fraction of sp³-hybridized carbons (Fsp3) is 0.889. The van der Waals surface area contributed by atoms with Crippen molar-refractivity contribution in [2.45, 2.75) is 26.3 Å². The molecule has 0 aromatic heterocycles. The molecule has 0 aromatic rings. The third-order valence-electron chi connectivity index (χ3n) is 2.10. The van der Waals surface area contributed by atoms with E-state index in [1.807, 2.05) is 26.0 Å². The molecule has 3 nitrogen and oxygen atoms in total. The van der Waals surface area contributed by atoms with Crippen molar-refractivity contribution in [1.82, 2.24) is 9.80 Å². The molecule has 0 aliphatic carbocycles. The molecule has 72 valence electrons. The summed E-state index contributed by atoms with van der Waals surface area (Å²) in [6.45, 7) is 4.65. The van der Waals surface area contributed by atoms with Gasteiger partial charge in [0, 0.05) is 13.1 Å². The lowest BCUT2D eigenvalue weighted by atomic mass is 10.2. The molecule has 12 heavy (non-hydrogen) atoms. The van der Waals surface area contributed by atoms with Crippen LogP contribution in [0.3, 0.4) is 0 Å². The van der Waals surface area contributed by atoms with Crippen LogP contribution in [0.1, 0.15) is 20.3 Å². The summed E-state index contributed by atoms with van der Waals surface area (Å²) in [6.07, 6.45) is 1.01. The summed E-state index contributed by atoms with van der Waals surface area (Å²) in [5.74, 6) is 0.189. The van der Waals surface area contributed by atoms with Gasteiger partial charge in [0.15, 0.2) is 0 Å². The van der Waals surface area contributed by atoms with Crippen LogP contribution in [0.4, 0.5) is 0 Å². The minimum absolute atomic E-state index is 0.189. The second-order valence-electron chi connectivity index (χ2n) is 3.50. The SMILES string of the molecule is CCC(C)N(C)C(=O)CN(C)C. The van der Waals surface area contributed by atoms with E-state index in [4.69, 9.17) is 0 Å². The fourth-order valence-electron chi connectivity index (χ4n) is 0.902. The van der Waals surface area contributed by atoms with Crippen molar-refractivity contribution in [3.63, 3.8) is 0 Å². The van der Waals surface area contributed by atoms with Crippen LogP contribution >= 0.6 is 0 Å². The summed E-state index contributed by atoms with van der Waals surface area (Å²) in [5.41, 5.74) is 0. The van der Waals surface area contributed by atoms with E-state index in [1.54, 1.807) is 4.90 Å². The lowest BCUT2D eigenvalue weighted by molar-refractivity contribution is -0.132. The molecule has 1 amide bonds. The third kappa shape index (κ3) is 3.72. The Hall–Kier alpha value is -0.570. The number of nitrogens with zero attached hydrogens (tertiary/aromatic N) is 2. The molecular weight excluding hydrogens is 152 g/mol. The summed E-state index contributed by atoms with van der Waals surface area (Å²) in [6, 6.07) is 0.345. The van der Waals surface area contributed by atoms with Crippen molar-refractivity contribution in [2.75, 3.05) is 27.7 Å². The quantitative estimate of drug-likeness (QED) is 0.626. The minimum Gasteiger partial charge on any atom is -0.342 e. The van der Waals surface area contributed by atoms with Crippen LogP contribution in [-0.4, -0.2) is 49.4 Å². The predicted molar refractivity (Wildman–Crippen MR) is 51.1 cm³/mol. The van der Waals surface area contributed by atoms with Crippen LogP contribution in [0.5, 0.6) is 0 Å². The van der Waals surface area contributed by atoms with Crippen molar-refractivity contribution in [3.8, 4) is 0 Å². The van der Waals surface area contributed by atoms with Crippen LogP contribution in [-0.2, 0) is 4.79 Å². The van der Waals surface area contributed by atoms with E-state index < -0.39 is 0 Å². The van der Waals surface area contributed by atoms with Crippen molar-refractivity contribution >= 4 is 5.91 Å². The van der Waals surface area contributed by atoms with Crippen LogP contribution in [0.2, 0.25) is 0 Å². The zero-order valence-electron chi connectivity index (χ0n) is 8.79. The first-order valence-corrected chi connectivity index (χ1v) is 4.39. The van der Waals surface area contributed by atoms with Gasteiger partial charge in [0.05, 0.1) is 6.54 Å². The van der Waals surface area contributed by atoms with Gasteiger partial charge >= 0.3 is 0 Å². The summed E-state index contributed by atoms with van der Waals surface area (Å²) < 4.78 is 0. The van der Waals surface area contributed by atoms with E-state index in [9.17, 15) is 4.79 Å². The lowest BCUT2D eigenvalue weighted by Crippen LogP contribution is -2.40. The maximum absolute atomic E-state index is 11.4. The monoisotopic (exact) mass is 172 g/mol. The van der Waals surface area contributed by atoms with Crippen molar-refractivity contribution in [3.05, 3.63) is 0 Å². The summed E-state index contributed by atoms with van der Waals surface area (Å²) in [7, 11) is 5.67. The summed E-state index contributed by atoms with van der Waals surface area (Å²) in [5, 5.41) is 0. The van der Waals surface area contributed by atoms with Crippen LogP contribution < -0.4 is 0 Å². The Morgan fingerprint density at radius 2 is 1.83 bits per heavy atom. The van der Waals surface area contributed by atoms with Gasteiger partial charge in [-0.3, -0.25) is 4.79 Å². The molecule has 0 bridgehead atoms. The zero-order valence-corrected chi connectivity index (χ0v) is 8.79. The van der Waals surface area contributed by atoms with Crippen LogP contribution in [0.25, 0.3) is 0 Å². The zero-order chi connectivity index (χ0) is 9.72. The van der Waals surface area contributed by atoms with Crippen molar-refractivity contribution in [2.24, 2.45) is 0 Å². The number of carbonyl (C=O) groups is 1. The molecule has 0 spiro atoms. The number of hydrogen-bond donors (Lipinski definition) is 0.